The van der Waals surface area contributed by atoms with Crippen molar-refractivity contribution in [1.29, 1.82) is 0 Å². The van der Waals surface area contributed by atoms with Crippen LogP contribution < -0.4 is 0 Å². The molecule has 0 amide bonds. The molecule has 3 heteroatoms. The summed E-state index contributed by atoms with van der Waals surface area (Å²) in [6, 6.07) is 0. The summed E-state index contributed by atoms with van der Waals surface area (Å²) in [6.45, 7) is 0. The highest BCUT2D eigenvalue weighted by atomic mass is 79.9. The number of halogens is 1. The zero-order chi connectivity index (χ0) is 7.61. The minimum Gasteiger partial charge on any atom is -0.385 e. The van der Waals surface area contributed by atoms with Crippen molar-refractivity contribution in [3.8, 4) is 0 Å². The maximum Gasteiger partial charge on any atom is 0.170 e. The number of hydrogen-bond donors (Lipinski definition) is 1. The molecule has 0 spiro atoms. The Labute approximate surface area is 68.3 Å². The Hall–Kier alpha value is -0.120. The SMILES string of the molecule is COC1(Br)C=CC=CC1O. The molecule has 1 rings (SSSR count). The van der Waals surface area contributed by atoms with Crippen molar-refractivity contribution >= 4 is 15.9 Å². The van der Waals surface area contributed by atoms with Gasteiger partial charge in [-0.25, -0.2) is 0 Å². The standard InChI is InChI=1S/C7H9BrO2/c1-10-7(8)5-3-2-4-6(7)9/h2-6,9H,1H3. The van der Waals surface area contributed by atoms with E-state index in [1.807, 2.05) is 6.08 Å². The van der Waals surface area contributed by atoms with E-state index in [1.54, 1.807) is 25.3 Å². The fraction of sp³-hybridized carbons (Fsp3) is 0.429. The molecule has 1 aliphatic rings. The Bertz CT molecular complexity index is 176. The molecule has 0 aromatic rings. The quantitative estimate of drug-likeness (QED) is 0.652. The predicted molar refractivity (Wildman–Crippen MR) is 43.0 cm³/mol. The van der Waals surface area contributed by atoms with Crippen LogP contribution in [0, 0.1) is 0 Å². The van der Waals surface area contributed by atoms with Gasteiger partial charge in [0.2, 0.25) is 0 Å². The first kappa shape index (κ1) is 7.98. The molecule has 2 atom stereocenters. The number of hydrogen-bond acceptors (Lipinski definition) is 2. The van der Waals surface area contributed by atoms with Crippen molar-refractivity contribution in [3.63, 3.8) is 0 Å². The predicted octanol–water partition coefficient (Wildman–Crippen LogP) is 1.21. The van der Waals surface area contributed by atoms with Gasteiger partial charge in [-0.05, 0) is 22.0 Å². The minimum atomic E-state index is -0.720. The number of allylic oxidation sites excluding steroid dienone is 2. The van der Waals surface area contributed by atoms with Gasteiger partial charge >= 0.3 is 0 Å². The van der Waals surface area contributed by atoms with Gasteiger partial charge in [0.25, 0.3) is 0 Å². The molecule has 56 valence electrons. The molecule has 10 heavy (non-hydrogen) atoms. The number of ether oxygens (including phenoxy) is 1. The molecule has 1 N–H and O–H groups in total. The third-order valence-electron chi connectivity index (χ3n) is 1.44. The molecule has 0 aromatic carbocycles. The van der Waals surface area contributed by atoms with E-state index in [-0.39, 0.29) is 0 Å². The third-order valence-corrected chi connectivity index (χ3v) is 2.50. The zero-order valence-electron chi connectivity index (χ0n) is 5.62. The maximum atomic E-state index is 9.32. The summed E-state index contributed by atoms with van der Waals surface area (Å²) < 4.78 is 4.30. The van der Waals surface area contributed by atoms with Gasteiger partial charge < -0.3 is 9.84 Å². The van der Waals surface area contributed by atoms with Gasteiger partial charge in [-0.3, -0.25) is 0 Å². The summed E-state index contributed by atoms with van der Waals surface area (Å²) in [4.78, 5) is 0. The van der Waals surface area contributed by atoms with Crippen LogP contribution in [0.25, 0.3) is 0 Å². The van der Waals surface area contributed by atoms with E-state index >= 15 is 0 Å². The second-order valence-corrected chi connectivity index (χ2v) is 3.33. The molecular weight excluding hydrogens is 196 g/mol. The van der Waals surface area contributed by atoms with E-state index in [4.69, 9.17) is 4.74 Å². The minimum absolute atomic E-state index is 0.609. The van der Waals surface area contributed by atoms with Crippen LogP contribution in [-0.4, -0.2) is 22.8 Å². The molecule has 2 nitrogen and oxygen atoms in total. The van der Waals surface area contributed by atoms with Crippen LogP contribution in [0.5, 0.6) is 0 Å². The first-order chi connectivity index (χ1) is 4.69. The lowest BCUT2D eigenvalue weighted by atomic mass is 10.1. The smallest absolute Gasteiger partial charge is 0.170 e. The largest absolute Gasteiger partial charge is 0.385 e. The summed E-state index contributed by atoms with van der Waals surface area (Å²) in [5.74, 6) is 0. The highest BCUT2D eigenvalue weighted by Crippen LogP contribution is 2.28. The number of aliphatic hydroxyl groups is 1. The Morgan fingerprint density at radius 3 is 2.70 bits per heavy atom. The Balaban J connectivity index is 2.77. The molecular formula is C7H9BrO2. The van der Waals surface area contributed by atoms with E-state index in [1.165, 1.54) is 0 Å². The molecule has 0 saturated heterocycles. The summed E-state index contributed by atoms with van der Waals surface area (Å²) in [5, 5.41) is 9.32. The highest BCUT2D eigenvalue weighted by Gasteiger charge is 2.31. The molecule has 0 saturated carbocycles. The van der Waals surface area contributed by atoms with Crippen LogP contribution in [0.3, 0.4) is 0 Å². The van der Waals surface area contributed by atoms with Crippen molar-refractivity contribution in [2.24, 2.45) is 0 Å². The van der Waals surface area contributed by atoms with Crippen molar-refractivity contribution in [2.45, 2.75) is 10.6 Å². The van der Waals surface area contributed by atoms with E-state index in [0.717, 1.165) is 0 Å². The molecule has 0 aromatic heterocycles. The van der Waals surface area contributed by atoms with Crippen LogP contribution in [0.1, 0.15) is 0 Å². The summed E-state index contributed by atoms with van der Waals surface area (Å²) >= 11 is 3.25. The average molecular weight is 205 g/mol. The average Bonchev–Trinajstić information content (AvgIpc) is 1.96. The maximum absolute atomic E-state index is 9.32. The first-order valence-corrected chi connectivity index (χ1v) is 3.76. The van der Waals surface area contributed by atoms with Crippen molar-refractivity contribution in [1.82, 2.24) is 0 Å². The lowest BCUT2D eigenvalue weighted by Crippen LogP contribution is -2.35. The van der Waals surface area contributed by atoms with Gasteiger partial charge in [-0.2, -0.15) is 0 Å². The van der Waals surface area contributed by atoms with E-state index in [2.05, 4.69) is 15.9 Å². The van der Waals surface area contributed by atoms with Gasteiger partial charge in [0.1, 0.15) is 6.10 Å². The summed E-state index contributed by atoms with van der Waals surface area (Å²) in [7, 11) is 1.54. The Morgan fingerprint density at radius 2 is 2.30 bits per heavy atom. The molecule has 0 radical (unpaired) electrons. The highest BCUT2D eigenvalue weighted by molar-refractivity contribution is 9.10. The number of aliphatic hydroxyl groups excluding tert-OH is 1. The third kappa shape index (κ3) is 1.31. The fourth-order valence-corrected chi connectivity index (χ4v) is 1.08. The molecule has 2 unspecified atom stereocenters. The van der Waals surface area contributed by atoms with Crippen molar-refractivity contribution in [3.05, 3.63) is 24.3 Å². The Morgan fingerprint density at radius 1 is 1.60 bits per heavy atom. The normalized spacial score (nSPS) is 38.5. The van der Waals surface area contributed by atoms with Crippen LogP contribution in [0.2, 0.25) is 0 Å². The van der Waals surface area contributed by atoms with Gasteiger partial charge in [-0.1, -0.05) is 18.2 Å². The topological polar surface area (TPSA) is 29.5 Å². The van der Waals surface area contributed by atoms with Gasteiger partial charge in [0, 0.05) is 7.11 Å². The molecule has 0 fully saturated rings. The lowest BCUT2D eigenvalue weighted by molar-refractivity contribution is 0.0216. The zero-order valence-corrected chi connectivity index (χ0v) is 7.21. The van der Waals surface area contributed by atoms with Gasteiger partial charge in [0.05, 0.1) is 0 Å². The van der Waals surface area contributed by atoms with Gasteiger partial charge in [-0.15, -0.1) is 0 Å². The first-order valence-electron chi connectivity index (χ1n) is 2.97. The molecule has 0 bridgehead atoms. The van der Waals surface area contributed by atoms with Crippen molar-refractivity contribution in [2.75, 3.05) is 7.11 Å². The fourth-order valence-electron chi connectivity index (χ4n) is 0.775. The van der Waals surface area contributed by atoms with Gasteiger partial charge in [0.15, 0.2) is 4.51 Å². The van der Waals surface area contributed by atoms with Crippen LogP contribution in [0.15, 0.2) is 24.3 Å². The monoisotopic (exact) mass is 204 g/mol. The van der Waals surface area contributed by atoms with Crippen LogP contribution >= 0.6 is 15.9 Å². The van der Waals surface area contributed by atoms with Crippen LogP contribution in [0.4, 0.5) is 0 Å². The van der Waals surface area contributed by atoms with E-state index in [9.17, 15) is 5.11 Å². The second-order valence-electron chi connectivity index (χ2n) is 2.09. The number of rotatable bonds is 1. The molecule has 0 aliphatic heterocycles. The molecule has 0 heterocycles. The lowest BCUT2D eigenvalue weighted by Gasteiger charge is -2.27. The van der Waals surface area contributed by atoms with Crippen molar-refractivity contribution < 1.29 is 9.84 Å². The summed E-state index contributed by atoms with van der Waals surface area (Å²) in [6.07, 6.45) is 6.42. The van der Waals surface area contributed by atoms with E-state index < -0.39 is 10.6 Å². The molecule has 1 aliphatic carbocycles. The van der Waals surface area contributed by atoms with Crippen LogP contribution in [-0.2, 0) is 4.74 Å². The number of methoxy groups -OCH3 is 1. The number of alkyl halides is 1. The second kappa shape index (κ2) is 2.86. The Kier molecular flexibility index (Phi) is 2.28. The van der Waals surface area contributed by atoms with E-state index in [0.29, 0.717) is 0 Å². The summed E-state index contributed by atoms with van der Waals surface area (Å²) in [5.41, 5.74) is 0.